The zero-order valence-corrected chi connectivity index (χ0v) is 10.7. The van der Waals surface area contributed by atoms with Crippen LogP contribution in [0.2, 0.25) is 0 Å². The average Bonchev–Trinajstić information content (AvgIpc) is 2.37. The van der Waals surface area contributed by atoms with Gasteiger partial charge >= 0.3 is 18.1 Å². The van der Waals surface area contributed by atoms with Crippen LogP contribution in [-0.4, -0.2) is 29.3 Å². The third kappa shape index (κ3) is 4.49. The van der Waals surface area contributed by atoms with Crippen LogP contribution < -0.4 is 4.74 Å². The van der Waals surface area contributed by atoms with E-state index in [1.54, 1.807) is 0 Å². The Labute approximate surface area is 118 Å². The molecule has 1 aromatic heterocycles. The maximum atomic E-state index is 12.8. The maximum absolute atomic E-state index is 12.8. The second-order valence-electron chi connectivity index (χ2n) is 3.71. The van der Waals surface area contributed by atoms with Crippen molar-refractivity contribution >= 4 is 11.8 Å². The van der Waals surface area contributed by atoms with Crippen LogP contribution in [0.5, 0.6) is 5.75 Å². The first-order chi connectivity index (χ1) is 10.0. The molecule has 0 saturated carbocycles. The molecule has 0 aliphatic carbocycles. The van der Waals surface area contributed by atoms with Crippen molar-refractivity contribution in [2.75, 3.05) is 7.11 Å². The fourth-order valence-electron chi connectivity index (χ4n) is 1.41. The molecule has 0 amide bonds. The Morgan fingerprint density at radius 3 is 2.45 bits per heavy atom. The number of methoxy groups -OCH3 is 1. The lowest BCUT2D eigenvalue weighted by molar-refractivity contribution is -0.393. The molecule has 22 heavy (non-hydrogen) atoms. The monoisotopic (exact) mass is 330 g/mol. The van der Waals surface area contributed by atoms with Crippen LogP contribution in [0.1, 0.15) is 17.7 Å². The Hall–Kier alpha value is -2.53. The van der Waals surface area contributed by atoms with Crippen molar-refractivity contribution in [3.63, 3.8) is 0 Å². The minimum atomic E-state index is -5.43. The Balaban J connectivity index is 3.46. The fraction of sp³-hybridized carbons (Fsp3) is 0.400. The number of carbonyl (C=O) groups is 1. The smallest absolute Gasteiger partial charge is 0.469 e. The highest BCUT2D eigenvalue weighted by molar-refractivity contribution is 5.72. The molecular formula is C10H7F5N2O5. The van der Waals surface area contributed by atoms with E-state index >= 15 is 0 Å². The predicted molar refractivity (Wildman–Crippen MR) is 58.3 cm³/mol. The van der Waals surface area contributed by atoms with Gasteiger partial charge in [-0.1, -0.05) is 0 Å². The summed E-state index contributed by atoms with van der Waals surface area (Å²) in [6, 6.07) is 0.412. The molecule has 0 aromatic carbocycles. The molecule has 1 rings (SSSR count). The molecule has 0 atom stereocenters. The van der Waals surface area contributed by atoms with E-state index in [2.05, 4.69) is 14.5 Å². The molecular weight excluding hydrogens is 323 g/mol. The SMILES string of the molecule is COC(=O)Cc1cc(C(F)F)c(OC(F)(F)F)c([N+](=O)[O-])n1. The lowest BCUT2D eigenvalue weighted by Crippen LogP contribution is -2.20. The maximum Gasteiger partial charge on any atom is 0.573 e. The minimum absolute atomic E-state index is 0.412. The van der Waals surface area contributed by atoms with Crippen LogP contribution in [0.3, 0.4) is 0 Å². The van der Waals surface area contributed by atoms with Crippen LogP contribution in [0.25, 0.3) is 0 Å². The van der Waals surface area contributed by atoms with Crippen LogP contribution in [-0.2, 0) is 16.0 Å². The summed E-state index contributed by atoms with van der Waals surface area (Å²) in [6.45, 7) is 0. The lowest BCUT2D eigenvalue weighted by Gasteiger charge is -2.13. The quantitative estimate of drug-likeness (QED) is 0.357. The van der Waals surface area contributed by atoms with E-state index < -0.39 is 52.9 Å². The number of pyridine rings is 1. The Morgan fingerprint density at radius 1 is 1.45 bits per heavy atom. The minimum Gasteiger partial charge on any atom is -0.469 e. The zero-order chi connectivity index (χ0) is 17.1. The van der Waals surface area contributed by atoms with Gasteiger partial charge < -0.3 is 19.6 Å². The highest BCUT2D eigenvalue weighted by atomic mass is 19.4. The fourth-order valence-corrected chi connectivity index (χ4v) is 1.41. The second-order valence-corrected chi connectivity index (χ2v) is 3.71. The molecule has 0 aliphatic heterocycles. The molecule has 0 fully saturated rings. The van der Waals surface area contributed by atoms with Gasteiger partial charge in [-0.3, -0.25) is 4.79 Å². The molecule has 0 saturated heterocycles. The molecule has 1 aromatic rings. The van der Waals surface area contributed by atoms with Gasteiger partial charge in [0, 0.05) is 0 Å². The summed E-state index contributed by atoms with van der Waals surface area (Å²) in [5, 5.41) is 10.7. The first kappa shape index (κ1) is 17.5. The van der Waals surface area contributed by atoms with E-state index in [4.69, 9.17) is 0 Å². The molecule has 122 valence electrons. The number of nitrogens with zero attached hydrogens (tertiary/aromatic N) is 2. The normalized spacial score (nSPS) is 11.4. The van der Waals surface area contributed by atoms with Gasteiger partial charge in [-0.05, 0) is 16.0 Å². The average molecular weight is 330 g/mol. The summed E-state index contributed by atoms with van der Waals surface area (Å²) in [4.78, 5) is 23.5. The van der Waals surface area contributed by atoms with Gasteiger partial charge in [0.1, 0.15) is 6.42 Å². The summed E-state index contributed by atoms with van der Waals surface area (Å²) < 4.78 is 69.8. The van der Waals surface area contributed by atoms with Gasteiger partial charge in [-0.2, -0.15) is 0 Å². The van der Waals surface area contributed by atoms with Gasteiger partial charge in [-0.25, -0.2) is 8.78 Å². The van der Waals surface area contributed by atoms with E-state index in [1.165, 1.54) is 0 Å². The Kier molecular flexibility index (Phi) is 5.17. The molecule has 1 heterocycles. The summed E-state index contributed by atoms with van der Waals surface area (Å²) in [6.07, 6.45) is -9.68. The summed E-state index contributed by atoms with van der Waals surface area (Å²) in [5.74, 6) is -4.26. The number of hydrogen-bond donors (Lipinski definition) is 0. The zero-order valence-electron chi connectivity index (χ0n) is 10.7. The number of rotatable bonds is 5. The van der Waals surface area contributed by atoms with Gasteiger partial charge in [0.05, 0.1) is 12.7 Å². The van der Waals surface area contributed by atoms with E-state index in [0.717, 1.165) is 7.11 Å². The number of nitro groups is 1. The van der Waals surface area contributed by atoms with Crippen LogP contribution >= 0.6 is 0 Å². The topological polar surface area (TPSA) is 91.6 Å². The van der Waals surface area contributed by atoms with Gasteiger partial charge in [0.25, 0.3) is 6.43 Å². The third-order valence-electron chi connectivity index (χ3n) is 2.22. The highest BCUT2D eigenvalue weighted by Crippen LogP contribution is 2.39. The van der Waals surface area contributed by atoms with E-state index in [1.807, 2.05) is 0 Å². The molecule has 0 bridgehead atoms. The number of halogens is 5. The lowest BCUT2D eigenvalue weighted by atomic mass is 10.1. The van der Waals surface area contributed by atoms with Crippen molar-refractivity contribution in [1.29, 1.82) is 0 Å². The number of aromatic nitrogens is 1. The second kappa shape index (κ2) is 6.49. The highest BCUT2D eigenvalue weighted by Gasteiger charge is 2.39. The van der Waals surface area contributed by atoms with Gasteiger partial charge in [0.15, 0.2) is 5.69 Å². The van der Waals surface area contributed by atoms with Crippen molar-refractivity contribution in [2.45, 2.75) is 19.2 Å². The molecule has 0 N–H and O–H groups in total. The molecule has 0 spiro atoms. The number of carbonyl (C=O) groups excluding carboxylic acids is 1. The van der Waals surface area contributed by atoms with Crippen LogP contribution in [0.4, 0.5) is 27.8 Å². The number of ether oxygens (including phenoxy) is 2. The largest absolute Gasteiger partial charge is 0.573 e. The summed E-state index contributed by atoms with van der Waals surface area (Å²) in [5.41, 5.74) is -1.96. The predicted octanol–water partition coefficient (Wildman–Crippen LogP) is 2.54. The van der Waals surface area contributed by atoms with E-state index in [9.17, 15) is 36.9 Å². The van der Waals surface area contributed by atoms with E-state index in [-0.39, 0.29) is 0 Å². The molecule has 0 radical (unpaired) electrons. The van der Waals surface area contributed by atoms with Crippen molar-refractivity contribution in [1.82, 2.24) is 4.98 Å². The van der Waals surface area contributed by atoms with Crippen molar-refractivity contribution in [3.8, 4) is 5.75 Å². The van der Waals surface area contributed by atoms with Crippen LogP contribution in [0, 0.1) is 10.1 Å². The van der Waals surface area contributed by atoms with Crippen molar-refractivity contribution in [3.05, 3.63) is 27.4 Å². The van der Waals surface area contributed by atoms with Gasteiger partial charge in [-0.15, -0.1) is 13.2 Å². The first-order valence-corrected chi connectivity index (χ1v) is 5.34. The molecule has 0 aliphatic rings. The van der Waals surface area contributed by atoms with Crippen molar-refractivity contribution < 1.29 is 41.1 Å². The van der Waals surface area contributed by atoms with E-state index in [0.29, 0.717) is 6.07 Å². The Bertz CT molecular complexity index is 590. The molecule has 0 unspecified atom stereocenters. The standard InChI is InChI=1S/C10H7F5N2O5/c1-21-6(18)3-4-2-5(8(11)12)7(22-10(13,14)15)9(16-4)17(19)20/h2,8H,3H2,1H3. The molecule has 7 nitrogen and oxygen atoms in total. The third-order valence-corrected chi connectivity index (χ3v) is 2.22. The molecule has 12 heteroatoms. The van der Waals surface area contributed by atoms with Crippen LogP contribution in [0.15, 0.2) is 6.07 Å². The number of alkyl halides is 5. The Morgan fingerprint density at radius 2 is 2.05 bits per heavy atom. The van der Waals surface area contributed by atoms with Gasteiger partial charge in [0.2, 0.25) is 5.75 Å². The summed E-state index contributed by atoms with van der Waals surface area (Å²) in [7, 11) is 0.964. The summed E-state index contributed by atoms with van der Waals surface area (Å²) >= 11 is 0. The number of hydrogen-bond acceptors (Lipinski definition) is 6. The van der Waals surface area contributed by atoms with Crippen molar-refractivity contribution in [2.24, 2.45) is 0 Å². The first-order valence-electron chi connectivity index (χ1n) is 5.34. The number of esters is 1.